The lowest BCUT2D eigenvalue weighted by atomic mass is 10.2. The summed E-state index contributed by atoms with van der Waals surface area (Å²) in [6.07, 6.45) is 5.07. The summed E-state index contributed by atoms with van der Waals surface area (Å²) in [4.78, 5) is 23.0. The average molecular weight is 285 g/mol. The van der Waals surface area contributed by atoms with Crippen LogP contribution in [0.4, 0.5) is 11.6 Å². The number of fused-ring (bicyclic) bond motifs is 1. The van der Waals surface area contributed by atoms with Gasteiger partial charge in [-0.3, -0.25) is 4.79 Å². The molecule has 110 valence electrons. The van der Waals surface area contributed by atoms with Gasteiger partial charge in [0.2, 0.25) is 0 Å². The molecule has 0 fully saturated rings. The molecule has 0 saturated heterocycles. The molecule has 3 rings (SSSR count). The van der Waals surface area contributed by atoms with Crippen LogP contribution < -0.4 is 10.2 Å². The second-order valence-electron chi connectivity index (χ2n) is 5.42. The zero-order valence-corrected chi connectivity index (χ0v) is 12.3. The van der Waals surface area contributed by atoms with Crippen molar-refractivity contribution in [3.8, 4) is 0 Å². The van der Waals surface area contributed by atoms with Gasteiger partial charge in [-0.2, -0.15) is 0 Å². The number of aromatic nitrogens is 3. The van der Waals surface area contributed by atoms with E-state index in [1.807, 2.05) is 37.3 Å². The summed E-state index contributed by atoms with van der Waals surface area (Å²) in [5.74, 6) is 2.14. The minimum atomic E-state index is -0.208. The molecule has 6 nitrogen and oxygen atoms in total. The Bertz CT molecular complexity index is 638. The minimum absolute atomic E-state index is 0.208. The molecule has 0 unspecified atom stereocenters. The summed E-state index contributed by atoms with van der Waals surface area (Å²) in [5, 5.41) is 2.81. The van der Waals surface area contributed by atoms with E-state index in [1.54, 1.807) is 6.07 Å². The highest BCUT2D eigenvalue weighted by molar-refractivity contribution is 6.02. The zero-order valence-electron chi connectivity index (χ0n) is 12.3. The molecule has 0 radical (unpaired) electrons. The van der Waals surface area contributed by atoms with Crippen LogP contribution in [0, 0.1) is 0 Å². The summed E-state index contributed by atoms with van der Waals surface area (Å²) in [5.41, 5.74) is 0.462. The van der Waals surface area contributed by atoms with Crippen molar-refractivity contribution in [2.24, 2.45) is 0 Å². The molecular formula is C15H19N5O. The van der Waals surface area contributed by atoms with Crippen molar-refractivity contribution in [2.45, 2.75) is 25.8 Å². The Morgan fingerprint density at radius 1 is 1.29 bits per heavy atom. The molecule has 1 aliphatic rings. The normalized spacial score (nSPS) is 13.6. The number of pyridine rings is 1. The van der Waals surface area contributed by atoms with Crippen molar-refractivity contribution in [3.63, 3.8) is 0 Å². The van der Waals surface area contributed by atoms with E-state index in [9.17, 15) is 4.79 Å². The molecule has 0 spiro atoms. The number of rotatable bonds is 3. The predicted octanol–water partition coefficient (Wildman–Crippen LogP) is 1.93. The maximum absolute atomic E-state index is 12.3. The van der Waals surface area contributed by atoms with Crippen molar-refractivity contribution in [2.75, 3.05) is 24.3 Å². The number of nitrogens with zero attached hydrogens (tertiary/aromatic N) is 4. The lowest BCUT2D eigenvalue weighted by Crippen LogP contribution is -2.16. The lowest BCUT2D eigenvalue weighted by Gasteiger charge is -2.12. The molecule has 0 aliphatic carbocycles. The first-order valence-corrected chi connectivity index (χ1v) is 7.15. The zero-order chi connectivity index (χ0) is 14.8. The first-order valence-electron chi connectivity index (χ1n) is 7.15. The van der Waals surface area contributed by atoms with Gasteiger partial charge >= 0.3 is 0 Å². The standard InChI is InChI=1S/C15H19N5O/c1-19(2)13-8-5-6-12(17-13)18-15(21)11-10-20-9-4-3-7-14(20)16-11/h5-6,8,10H,3-4,7,9H2,1-2H3,(H,17,18,21). The fourth-order valence-electron chi connectivity index (χ4n) is 2.44. The SMILES string of the molecule is CN(C)c1cccc(NC(=O)c2cn3c(n2)CCCC3)n1. The van der Waals surface area contributed by atoms with Crippen molar-refractivity contribution in [1.82, 2.24) is 14.5 Å². The Balaban J connectivity index is 1.77. The second kappa shape index (κ2) is 5.55. The van der Waals surface area contributed by atoms with Crippen molar-refractivity contribution in [1.29, 1.82) is 0 Å². The third kappa shape index (κ3) is 2.89. The molecule has 6 heteroatoms. The summed E-state index contributed by atoms with van der Waals surface area (Å²) in [7, 11) is 3.83. The van der Waals surface area contributed by atoms with Crippen LogP contribution in [0.2, 0.25) is 0 Å². The Kier molecular flexibility index (Phi) is 3.60. The van der Waals surface area contributed by atoms with Gasteiger partial charge in [-0.05, 0) is 25.0 Å². The Morgan fingerprint density at radius 3 is 2.90 bits per heavy atom. The maximum Gasteiger partial charge on any atom is 0.277 e. The molecule has 3 heterocycles. The van der Waals surface area contributed by atoms with Crippen LogP contribution in [0.3, 0.4) is 0 Å². The number of nitrogens with one attached hydrogen (secondary N) is 1. The molecule has 0 aromatic carbocycles. The van der Waals surface area contributed by atoms with Gasteiger partial charge in [-0.25, -0.2) is 9.97 Å². The third-order valence-electron chi connectivity index (χ3n) is 3.58. The molecular weight excluding hydrogens is 266 g/mol. The van der Waals surface area contributed by atoms with Gasteiger partial charge < -0.3 is 14.8 Å². The van der Waals surface area contributed by atoms with Gasteiger partial charge in [-0.15, -0.1) is 0 Å². The van der Waals surface area contributed by atoms with E-state index in [-0.39, 0.29) is 5.91 Å². The smallest absolute Gasteiger partial charge is 0.277 e. The van der Waals surface area contributed by atoms with Crippen LogP contribution in [-0.4, -0.2) is 34.5 Å². The predicted molar refractivity (Wildman–Crippen MR) is 81.7 cm³/mol. The van der Waals surface area contributed by atoms with E-state index in [0.717, 1.165) is 37.4 Å². The Labute approximate surface area is 123 Å². The number of anilines is 2. The summed E-state index contributed by atoms with van der Waals surface area (Å²) in [6.45, 7) is 0.948. The van der Waals surface area contributed by atoms with Gasteiger partial charge in [0.15, 0.2) is 0 Å². The number of carbonyl (C=O) groups is 1. The lowest BCUT2D eigenvalue weighted by molar-refractivity contribution is 0.102. The number of hydrogen-bond donors (Lipinski definition) is 1. The number of aryl methyl sites for hydroxylation is 2. The summed E-state index contributed by atoms with van der Waals surface area (Å²) >= 11 is 0. The number of hydrogen-bond acceptors (Lipinski definition) is 4. The number of amides is 1. The maximum atomic E-state index is 12.3. The van der Waals surface area contributed by atoms with Crippen molar-refractivity contribution < 1.29 is 4.79 Å². The van der Waals surface area contributed by atoms with Crippen molar-refractivity contribution >= 4 is 17.5 Å². The molecule has 0 saturated carbocycles. The number of carbonyl (C=O) groups excluding carboxylic acids is 1. The topological polar surface area (TPSA) is 63.1 Å². The second-order valence-corrected chi connectivity index (χ2v) is 5.42. The van der Waals surface area contributed by atoms with Crippen LogP contribution in [-0.2, 0) is 13.0 Å². The Hall–Kier alpha value is -2.37. The van der Waals surface area contributed by atoms with Crippen LogP contribution >= 0.6 is 0 Å². The highest BCUT2D eigenvalue weighted by atomic mass is 16.2. The fourth-order valence-corrected chi connectivity index (χ4v) is 2.44. The third-order valence-corrected chi connectivity index (χ3v) is 3.58. The van der Waals surface area contributed by atoms with Gasteiger partial charge in [0, 0.05) is 33.3 Å². The Morgan fingerprint density at radius 2 is 2.14 bits per heavy atom. The largest absolute Gasteiger partial charge is 0.363 e. The molecule has 0 atom stereocenters. The molecule has 1 aliphatic heterocycles. The molecule has 0 bridgehead atoms. The van der Waals surface area contributed by atoms with E-state index in [1.165, 1.54) is 0 Å². The van der Waals surface area contributed by atoms with Gasteiger partial charge in [0.05, 0.1) is 0 Å². The number of imidazole rings is 1. The van der Waals surface area contributed by atoms with E-state index in [2.05, 4.69) is 19.9 Å². The van der Waals surface area contributed by atoms with Crippen LogP contribution in [0.1, 0.15) is 29.2 Å². The van der Waals surface area contributed by atoms with Crippen LogP contribution in [0.5, 0.6) is 0 Å². The van der Waals surface area contributed by atoms with Gasteiger partial charge in [0.25, 0.3) is 5.91 Å². The quantitative estimate of drug-likeness (QED) is 0.936. The van der Waals surface area contributed by atoms with E-state index in [0.29, 0.717) is 11.5 Å². The van der Waals surface area contributed by atoms with Crippen LogP contribution in [0.15, 0.2) is 24.4 Å². The average Bonchev–Trinajstić information content (AvgIpc) is 2.91. The first kappa shape index (κ1) is 13.6. The highest BCUT2D eigenvalue weighted by Gasteiger charge is 2.17. The summed E-state index contributed by atoms with van der Waals surface area (Å²) in [6, 6.07) is 5.54. The van der Waals surface area contributed by atoms with Crippen LogP contribution in [0.25, 0.3) is 0 Å². The van der Waals surface area contributed by atoms with Gasteiger partial charge in [-0.1, -0.05) is 6.07 Å². The molecule has 1 N–H and O–H groups in total. The molecule has 2 aromatic heterocycles. The fraction of sp³-hybridized carbons (Fsp3) is 0.400. The summed E-state index contributed by atoms with van der Waals surface area (Å²) < 4.78 is 2.07. The minimum Gasteiger partial charge on any atom is -0.363 e. The van der Waals surface area contributed by atoms with Gasteiger partial charge in [0.1, 0.15) is 23.2 Å². The van der Waals surface area contributed by atoms with E-state index < -0.39 is 0 Å². The molecule has 1 amide bonds. The first-order chi connectivity index (χ1) is 10.1. The van der Waals surface area contributed by atoms with E-state index >= 15 is 0 Å². The molecule has 21 heavy (non-hydrogen) atoms. The monoisotopic (exact) mass is 285 g/mol. The van der Waals surface area contributed by atoms with E-state index in [4.69, 9.17) is 0 Å². The molecule has 2 aromatic rings. The highest BCUT2D eigenvalue weighted by Crippen LogP contribution is 2.16. The van der Waals surface area contributed by atoms with Crippen molar-refractivity contribution in [3.05, 3.63) is 35.9 Å².